The van der Waals surface area contributed by atoms with E-state index in [2.05, 4.69) is 6.58 Å². The SMILES string of the molecule is C=C(C)S(=O)(=O)O.OB(O)F.OB(O)F.OB(O)F.[H-].[Li+]. The third-order valence-electron chi connectivity index (χ3n) is 0.440. The van der Waals surface area contributed by atoms with Gasteiger partial charge in [-0.05, 0) is 6.92 Å². The fraction of sp³-hybridized carbons (Fsp3) is 0.333. The van der Waals surface area contributed by atoms with Crippen molar-refractivity contribution in [2.75, 3.05) is 0 Å². The second-order valence-corrected chi connectivity index (χ2v) is 3.76. The number of allylic oxidation sites excluding steroid dienone is 1. The zero-order valence-corrected chi connectivity index (χ0v) is 11.2. The first-order chi connectivity index (χ1) is 8.14. The monoisotopic (exact) mass is 322 g/mol. The van der Waals surface area contributed by atoms with Gasteiger partial charge in [0.25, 0.3) is 10.1 Å². The smallest absolute Gasteiger partial charge is 1.00 e. The van der Waals surface area contributed by atoms with Crippen LogP contribution in [0.1, 0.15) is 8.35 Å². The Kier molecular flexibility index (Phi) is 30.5. The molecule has 0 aromatic rings. The molecule has 0 aromatic heterocycles. The van der Waals surface area contributed by atoms with Crippen molar-refractivity contribution in [3.63, 3.8) is 0 Å². The molecule has 0 aliphatic rings. The molecule has 0 aliphatic heterocycles. The van der Waals surface area contributed by atoms with Crippen LogP contribution in [0.5, 0.6) is 0 Å². The first-order valence-corrected chi connectivity index (χ1v) is 5.22. The summed E-state index contributed by atoms with van der Waals surface area (Å²) in [7, 11) is -11.9. The van der Waals surface area contributed by atoms with Crippen LogP contribution in [0.2, 0.25) is 0 Å². The van der Waals surface area contributed by atoms with E-state index in [1.165, 1.54) is 6.92 Å². The minimum absolute atomic E-state index is 0. The Hall–Kier alpha value is -0.00779. The number of rotatable bonds is 1. The van der Waals surface area contributed by atoms with Gasteiger partial charge >= 0.3 is 41.0 Å². The summed E-state index contributed by atoms with van der Waals surface area (Å²) in [4.78, 5) is -0.229. The van der Waals surface area contributed by atoms with Crippen molar-refractivity contribution in [3.8, 4) is 0 Å². The van der Waals surface area contributed by atoms with Gasteiger partial charge < -0.3 is 31.6 Å². The van der Waals surface area contributed by atoms with Gasteiger partial charge in [-0.25, -0.2) is 0 Å². The van der Waals surface area contributed by atoms with Gasteiger partial charge in [-0.15, -0.1) is 0 Å². The fourth-order valence-electron chi connectivity index (χ4n) is 0. The molecule has 0 saturated heterocycles. The number of hydrogen-bond acceptors (Lipinski definition) is 8. The van der Waals surface area contributed by atoms with Crippen molar-refractivity contribution in [2.45, 2.75) is 6.92 Å². The molecule has 20 heavy (non-hydrogen) atoms. The molecule has 0 fully saturated rings. The molecule has 0 spiro atoms. The third kappa shape index (κ3) is 145. The van der Waals surface area contributed by atoms with Gasteiger partial charge in [0, 0.05) is 0 Å². The first-order valence-electron chi connectivity index (χ1n) is 3.78. The van der Waals surface area contributed by atoms with E-state index >= 15 is 0 Å². The average molecular weight is 322 g/mol. The summed E-state index contributed by atoms with van der Waals surface area (Å²) in [6.45, 7) is 4.21. The molecular weight excluding hydrogens is 308 g/mol. The van der Waals surface area contributed by atoms with E-state index in [1.54, 1.807) is 0 Å². The van der Waals surface area contributed by atoms with Gasteiger partial charge in [-0.2, -0.15) is 8.42 Å². The van der Waals surface area contributed by atoms with E-state index in [0.717, 1.165) is 0 Å². The molecule has 0 amide bonds. The van der Waals surface area contributed by atoms with Gasteiger partial charge in [0.2, 0.25) is 0 Å². The maximum Gasteiger partial charge on any atom is 1.00 e. The molecule has 0 aromatic carbocycles. The quantitative estimate of drug-likeness (QED) is 0.183. The van der Waals surface area contributed by atoms with Crippen molar-refractivity contribution < 1.29 is 76.3 Å². The topological polar surface area (TPSA) is 176 Å². The van der Waals surface area contributed by atoms with Crippen LogP contribution in [-0.2, 0) is 10.1 Å². The largest absolute Gasteiger partial charge is 1.00 e. The Morgan fingerprint density at radius 2 is 1.00 bits per heavy atom. The zero-order chi connectivity index (χ0) is 16.8. The first kappa shape index (κ1) is 32.1. The van der Waals surface area contributed by atoms with Crippen molar-refractivity contribution in [2.24, 2.45) is 0 Å². The molecular formula is C3H13B3F3LiO9S. The number of hydrogen-bond donors (Lipinski definition) is 7. The number of halogens is 3. The standard InChI is InChI=1S/C3H6O3S.3BFH2O2.Li.H/c1-3(2)7(4,5)6;3*2-1(3)4;;/h1H2,2H3,(H,4,5,6);3*3-4H;;/q;;;;+1;-1. The predicted molar refractivity (Wildman–Crippen MR) is 61.4 cm³/mol. The molecule has 7 N–H and O–H groups in total. The Morgan fingerprint density at radius 1 is 0.950 bits per heavy atom. The van der Waals surface area contributed by atoms with Gasteiger partial charge in [0.15, 0.2) is 0 Å². The second kappa shape index (κ2) is 19.0. The van der Waals surface area contributed by atoms with Gasteiger partial charge in [-0.3, -0.25) is 17.5 Å². The molecule has 0 bridgehead atoms. The molecule has 0 heterocycles. The molecule has 0 rings (SSSR count). The molecule has 9 nitrogen and oxygen atoms in total. The van der Waals surface area contributed by atoms with Crippen LogP contribution >= 0.6 is 0 Å². The third-order valence-corrected chi connectivity index (χ3v) is 1.32. The normalized spacial score (nSPS) is 7.95. The summed E-state index contributed by atoms with van der Waals surface area (Å²) < 4.78 is 57.9. The van der Waals surface area contributed by atoms with E-state index in [0.29, 0.717) is 0 Å². The average Bonchev–Trinajstić information content (AvgIpc) is 1.96. The molecule has 116 valence electrons. The summed E-state index contributed by atoms with van der Waals surface area (Å²) in [6.07, 6.45) is 0. The summed E-state index contributed by atoms with van der Waals surface area (Å²) in [5.41, 5.74) is 0. The maximum absolute atomic E-state index is 10.1. The van der Waals surface area contributed by atoms with E-state index < -0.39 is 32.3 Å². The Balaban J connectivity index is -0.0000000359. The summed E-state index contributed by atoms with van der Waals surface area (Å²) in [5, 5.41) is 41.7. The minimum atomic E-state index is -3.94. The van der Waals surface area contributed by atoms with Crippen LogP contribution in [0.3, 0.4) is 0 Å². The molecule has 17 heteroatoms. The minimum Gasteiger partial charge on any atom is -1.00 e. The van der Waals surface area contributed by atoms with Gasteiger partial charge in [-0.1, -0.05) is 6.58 Å². The molecule has 0 saturated carbocycles. The van der Waals surface area contributed by atoms with E-state index in [-0.39, 0.29) is 25.2 Å². The van der Waals surface area contributed by atoms with E-state index in [9.17, 15) is 21.4 Å². The Morgan fingerprint density at radius 3 is 1.00 bits per heavy atom. The van der Waals surface area contributed by atoms with Gasteiger partial charge in [0.05, 0.1) is 4.91 Å². The van der Waals surface area contributed by atoms with Crippen molar-refractivity contribution >= 4 is 32.3 Å². The summed E-state index contributed by atoms with van der Waals surface area (Å²) in [5.74, 6) is 0. The zero-order valence-electron chi connectivity index (χ0n) is 11.4. The summed E-state index contributed by atoms with van der Waals surface area (Å²) >= 11 is 0. The fourth-order valence-corrected chi connectivity index (χ4v) is 0. The van der Waals surface area contributed by atoms with Crippen LogP contribution in [0, 0.1) is 0 Å². The van der Waals surface area contributed by atoms with Crippen molar-refractivity contribution in [1.82, 2.24) is 0 Å². The van der Waals surface area contributed by atoms with E-state index in [4.69, 9.17) is 34.7 Å². The molecule has 0 radical (unpaired) electrons. The Bertz CT molecular complexity index is 285. The van der Waals surface area contributed by atoms with Gasteiger partial charge in [0.1, 0.15) is 0 Å². The molecule has 0 atom stereocenters. The molecule has 0 aliphatic carbocycles. The van der Waals surface area contributed by atoms with Crippen LogP contribution in [0.4, 0.5) is 12.9 Å². The van der Waals surface area contributed by atoms with Crippen LogP contribution in [-0.4, -0.2) is 65.3 Å². The second-order valence-electron chi connectivity index (χ2n) is 2.11. The van der Waals surface area contributed by atoms with Crippen molar-refractivity contribution in [1.29, 1.82) is 0 Å². The predicted octanol–water partition coefficient (Wildman–Crippen LogP) is -5.70. The van der Waals surface area contributed by atoms with Crippen molar-refractivity contribution in [3.05, 3.63) is 11.5 Å². The van der Waals surface area contributed by atoms with Crippen LogP contribution in [0.15, 0.2) is 11.5 Å². The molecule has 0 unspecified atom stereocenters. The maximum atomic E-state index is 10.1. The Labute approximate surface area is 127 Å². The van der Waals surface area contributed by atoms with Crippen LogP contribution in [0.25, 0.3) is 0 Å². The van der Waals surface area contributed by atoms with Crippen LogP contribution < -0.4 is 18.9 Å². The summed E-state index contributed by atoms with van der Waals surface area (Å²) in [6, 6.07) is 0. The van der Waals surface area contributed by atoms with E-state index in [1.807, 2.05) is 0 Å².